The maximum atomic E-state index is 14.1. The summed E-state index contributed by atoms with van der Waals surface area (Å²) in [5.74, 6) is -2.27. The van der Waals surface area contributed by atoms with Gasteiger partial charge in [0.25, 0.3) is 0 Å². The molecule has 2 atom stereocenters. The average molecular weight is 587 g/mol. The third-order valence-corrected chi connectivity index (χ3v) is 8.55. The number of Topliss-reactive ketones (excluding diaryl/α,β-unsaturated/α-hetero) is 1. The molecule has 0 bridgehead atoms. The first-order valence-electron chi connectivity index (χ1n) is 12.5. The minimum atomic E-state index is -4.97. The van der Waals surface area contributed by atoms with Crippen LogP contribution < -0.4 is 5.73 Å². The van der Waals surface area contributed by atoms with Gasteiger partial charge in [-0.15, -0.1) is 4.31 Å². The SMILES string of the molecule is NC=C1CC2(C(=O)c3ccccn3)CN([S+]([O-])c3ccc(F)c(C(F)(F)F)c3)CCC2=CC1=Nc1ccc(F)cc1. The second-order valence-corrected chi connectivity index (χ2v) is 11.1. The minimum Gasteiger partial charge on any atom is -0.593 e. The molecule has 1 aromatic heterocycles. The maximum Gasteiger partial charge on any atom is 0.419 e. The number of hydrogen-bond donors (Lipinski definition) is 1. The fourth-order valence-electron chi connectivity index (χ4n) is 5.08. The topological polar surface area (TPSA) is 94.6 Å². The van der Waals surface area contributed by atoms with Crippen LogP contribution in [0.15, 0.2) is 100 Å². The quantitative estimate of drug-likeness (QED) is 0.228. The summed E-state index contributed by atoms with van der Waals surface area (Å²) in [5.41, 5.74) is 5.41. The van der Waals surface area contributed by atoms with Gasteiger partial charge in [0.1, 0.15) is 17.3 Å². The molecule has 0 spiro atoms. The van der Waals surface area contributed by atoms with E-state index in [1.807, 2.05) is 0 Å². The van der Waals surface area contributed by atoms with Crippen molar-refractivity contribution in [3.8, 4) is 0 Å². The summed E-state index contributed by atoms with van der Waals surface area (Å²) in [4.78, 5) is 22.6. The third kappa shape index (κ3) is 5.67. The zero-order valence-corrected chi connectivity index (χ0v) is 22.2. The molecule has 41 heavy (non-hydrogen) atoms. The summed E-state index contributed by atoms with van der Waals surface area (Å²) >= 11 is -2.14. The summed E-state index contributed by atoms with van der Waals surface area (Å²) < 4.78 is 82.3. The first kappa shape index (κ1) is 28.7. The molecule has 1 aliphatic heterocycles. The Morgan fingerprint density at radius 1 is 1.12 bits per heavy atom. The van der Waals surface area contributed by atoms with Crippen LogP contribution in [-0.4, -0.2) is 38.4 Å². The zero-order valence-electron chi connectivity index (χ0n) is 21.4. The van der Waals surface area contributed by atoms with E-state index in [4.69, 9.17) is 5.73 Å². The number of halogens is 5. The van der Waals surface area contributed by atoms with Crippen molar-refractivity contribution >= 4 is 28.5 Å². The highest BCUT2D eigenvalue weighted by Crippen LogP contribution is 2.47. The molecule has 1 aliphatic carbocycles. The summed E-state index contributed by atoms with van der Waals surface area (Å²) in [6, 6.07) is 12.6. The summed E-state index contributed by atoms with van der Waals surface area (Å²) in [6.07, 6.45) is -0.176. The molecule has 2 heterocycles. The van der Waals surface area contributed by atoms with Crippen molar-refractivity contribution in [2.24, 2.45) is 16.1 Å². The molecule has 0 amide bonds. The van der Waals surface area contributed by atoms with Crippen molar-refractivity contribution < 1.29 is 31.3 Å². The van der Waals surface area contributed by atoms with Crippen LogP contribution in [0.1, 0.15) is 28.9 Å². The van der Waals surface area contributed by atoms with E-state index in [1.54, 1.807) is 24.3 Å². The molecule has 6 nitrogen and oxygen atoms in total. The number of fused-ring (bicyclic) bond motifs is 1. The van der Waals surface area contributed by atoms with Crippen molar-refractivity contribution in [3.63, 3.8) is 0 Å². The van der Waals surface area contributed by atoms with Gasteiger partial charge in [0.05, 0.1) is 40.3 Å². The van der Waals surface area contributed by atoms with Crippen LogP contribution in [0.4, 0.5) is 27.6 Å². The van der Waals surface area contributed by atoms with Crippen LogP contribution in [0.3, 0.4) is 0 Å². The molecule has 2 aliphatic rings. The highest BCUT2D eigenvalue weighted by Gasteiger charge is 2.52. The highest BCUT2D eigenvalue weighted by atomic mass is 32.2. The number of nitrogens with two attached hydrogens (primary N) is 1. The number of alkyl halides is 3. The molecule has 1 saturated heterocycles. The summed E-state index contributed by atoms with van der Waals surface area (Å²) in [6.45, 7) is 0.0146. The lowest BCUT2D eigenvalue weighted by atomic mass is 9.64. The van der Waals surface area contributed by atoms with Crippen molar-refractivity contribution in [2.75, 3.05) is 13.1 Å². The average Bonchev–Trinajstić information content (AvgIpc) is 2.97. The van der Waals surface area contributed by atoms with E-state index < -0.39 is 40.2 Å². The van der Waals surface area contributed by atoms with Crippen molar-refractivity contribution in [1.82, 2.24) is 9.29 Å². The van der Waals surface area contributed by atoms with Crippen LogP contribution in [-0.2, 0) is 17.5 Å². The molecule has 0 radical (unpaired) electrons. The number of allylic oxidation sites excluding steroid dienone is 2. The monoisotopic (exact) mass is 586 g/mol. The van der Waals surface area contributed by atoms with E-state index in [0.29, 0.717) is 34.7 Å². The van der Waals surface area contributed by atoms with E-state index >= 15 is 0 Å². The predicted octanol–water partition coefficient (Wildman–Crippen LogP) is 5.92. The highest BCUT2D eigenvalue weighted by molar-refractivity contribution is 7.89. The van der Waals surface area contributed by atoms with E-state index in [9.17, 15) is 31.3 Å². The third-order valence-electron chi connectivity index (χ3n) is 7.11. The lowest BCUT2D eigenvalue weighted by molar-refractivity contribution is -0.140. The number of aromatic nitrogens is 1. The number of hydrogen-bond acceptors (Lipinski definition) is 6. The van der Waals surface area contributed by atoms with Gasteiger partial charge in [-0.2, -0.15) is 13.2 Å². The fraction of sp³-hybridized carbons (Fsp3) is 0.207. The van der Waals surface area contributed by atoms with Crippen LogP contribution >= 0.6 is 0 Å². The molecule has 0 saturated carbocycles. The van der Waals surface area contributed by atoms with E-state index in [0.717, 1.165) is 6.07 Å². The minimum absolute atomic E-state index is 0.0513. The maximum absolute atomic E-state index is 14.1. The Bertz CT molecular complexity index is 1560. The van der Waals surface area contributed by atoms with Gasteiger partial charge in [-0.1, -0.05) is 11.6 Å². The molecular weight excluding hydrogens is 563 g/mol. The van der Waals surface area contributed by atoms with Crippen molar-refractivity contribution in [2.45, 2.75) is 23.9 Å². The molecule has 5 rings (SSSR count). The molecule has 2 N–H and O–H groups in total. The van der Waals surface area contributed by atoms with Crippen LogP contribution in [0.2, 0.25) is 0 Å². The van der Waals surface area contributed by atoms with E-state index in [2.05, 4.69) is 9.98 Å². The summed E-state index contributed by atoms with van der Waals surface area (Å²) in [5, 5.41) is 0. The van der Waals surface area contributed by atoms with Gasteiger partial charge in [0.2, 0.25) is 0 Å². The van der Waals surface area contributed by atoms with Crippen molar-refractivity contribution in [3.05, 3.63) is 113 Å². The Kier molecular flexibility index (Phi) is 7.82. The molecule has 3 aromatic rings. The van der Waals surface area contributed by atoms with Gasteiger partial charge in [0.15, 0.2) is 10.7 Å². The van der Waals surface area contributed by atoms with Crippen LogP contribution in [0.5, 0.6) is 0 Å². The molecule has 212 valence electrons. The van der Waals surface area contributed by atoms with Gasteiger partial charge in [-0.3, -0.25) is 9.78 Å². The number of rotatable bonds is 5. The smallest absolute Gasteiger partial charge is 0.419 e. The Morgan fingerprint density at radius 2 is 1.88 bits per heavy atom. The van der Waals surface area contributed by atoms with Gasteiger partial charge in [-0.25, -0.2) is 13.8 Å². The number of pyridine rings is 1. The van der Waals surface area contributed by atoms with Gasteiger partial charge in [-0.05, 0) is 79.2 Å². The number of ketones is 1. The fourth-order valence-corrected chi connectivity index (χ4v) is 6.38. The Balaban J connectivity index is 1.57. The van der Waals surface area contributed by atoms with Crippen LogP contribution in [0, 0.1) is 17.0 Å². The molecular formula is C29H23F5N4O2S. The standard InChI is InChI=1S/C29H23F5N4O2S/c30-20-4-6-21(7-5-20)37-26-13-19-10-12-38(41(40)22-8-9-24(31)23(14-22)29(32,33)34)17-28(19,15-18(26)16-35)27(39)25-3-1-2-11-36-25/h1-9,11,13-14,16H,10,12,15,17,35H2. The second kappa shape index (κ2) is 11.2. The number of aliphatic imine (C=N–C) groups is 1. The number of nitrogens with zero attached hydrogens (tertiary/aromatic N) is 3. The normalized spacial score (nSPS) is 22.3. The molecule has 12 heteroatoms. The lowest BCUT2D eigenvalue weighted by Gasteiger charge is -2.45. The van der Waals surface area contributed by atoms with Crippen molar-refractivity contribution in [1.29, 1.82) is 0 Å². The first-order valence-corrected chi connectivity index (χ1v) is 13.6. The van der Waals surface area contributed by atoms with Crippen LogP contribution in [0.25, 0.3) is 0 Å². The molecule has 2 unspecified atom stereocenters. The van der Waals surface area contributed by atoms with E-state index in [-0.39, 0.29) is 42.3 Å². The number of piperidine rings is 1. The lowest BCUT2D eigenvalue weighted by Crippen LogP contribution is -2.53. The predicted molar refractivity (Wildman–Crippen MR) is 143 cm³/mol. The van der Waals surface area contributed by atoms with Gasteiger partial charge < -0.3 is 10.3 Å². The van der Waals surface area contributed by atoms with Gasteiger partial charge in [0, 0.05) is 18.8 Å². The van der Waals surface area contributed by atoms with Gasteiger partial charge >= 0.3 is 6.18 Å². The number of carbonyl (C=O) groups excluding carboxylic acids is 1. The zero-order chi connectivity index (χ0) is 29.4. The number of carbonyl (C=O) groups is 1. The molecule has 2 aromatic carbocycles. The first-order chi connectivity index (χ1) is 19.5. The largest absolute Gasteiger partial charge is 0.593 e. The molecule has 1 fully saturated rings. The Hall–Kier alpha value is -3.87. The Labute approximate surface area is 235 Å². The Morgan fingerprint density at radius 3 is 2.54 bits per heavy atom. The number of benzene rings is 2. The summed E-state index contributed by atoms with van der Waals surface area (Å²) in [7, 11) is 0. The van der Waals surface area contributed by atoms with E-state index in [1.165, 1.54) is 41.0 Å². The second-order valence-electron chi connectivity index (χ2n) is 9.64.